The molecule has 1 aliphatic carbocycles. The Morgan fingerprint density at radius 3 is 2.25 bits per heavy atom. The number of hydrogen-bond acceptors (Lipinski definition) is 1. The lowest BCUT2D eigenvalue weighted by Crippen LogP contribution is -2.39. The molecule has 0 aliphatic heterocycles. The fraction of sp³-hybridized carbons (Fsp3) is 0.350. The normalized spacial score (nSPS) is 15.0. The summed E-state index contributed by atoms with van der Waals surface area (Å²) in [5.41, 5.74) is 1.42. The van der Waals surface area contributed by atoms with Crippen LogP contribution in [0.1, 0.15) is 32.1 Å². The largest absolute Gasteiger partial charge is 0.337 e. The van der Waals surface area contributed by atoms with Gasteiger partial charge in [0, 0.05) is 6.54 Å². The second-order valence-electron chi connectivity index (χ2n) is 6.34. The predicted molar refractivity (Wildman–Crippen MR) is 95.0 cm³/mol. The van der Waals surface area contributed by atoms with Gasteiger partial charge in [-0.25, -0.2) is 9.18 Å². The highest BCUT2D eigenvalue weighted by molar-refractivity contribution is 5.99. The number of halogens is 1. The zero-order valence-corrected chi connectivity index (χ0v) is 13.7. The average molecular weight is 326 g/mol. The van der Waals surface area contributed by atoms with E-state index < -0.39 is 0 Å². The van der Waals surface area contributed by atoms with Crippen molar-refractivity contribution in [3.8, 4) is 0 Å². The van der Waals surface area contributed by atoms with Crippen LogP contribution in [0.3, 0.4) is 0 Å². The van der Waals surface area contributed by atoms with Crippen LogP contribution >= 0.6 is 0 Å². The predicted octanol–water partition coefficient (Wildman–Crippen LogP) is 5.25. The maximum atomic E-state index is 13.2. The van der Waals surface area contributed by atoms with E-state index in [1.165, 1.54) is 44.2 Å². The summed E-state index contributed by atoms with van der Waals surface area (Å²) in [6.45, 7) is 0.698. The first-order valence-corrected chi connectivity index (χ1v) is 8.62. The molecule has 1 aliphatic rings. The minimum atomic E-state index is -0.311. The standard InChI is InChI=1S/C20H23FN2O/c21-17-11-13-19(14-12-17)23(18-9-5-2-6-10-18)20(24)22-15-16-7-3-1-4-8-16/h2,5-6,9-14,16H,1,3-4,7-8,15H2,(H,22,24). The third kappa shape index (κ3) is 4.13. The summed E-state index contributed by atoms with van der Waals surface area (Å²) in [5, 5.41) is 3.06. The number of hydrogen-bond donors (Lipinski definition) is 1. The third-order valence-corrected chi connectivity index (χ3v) is 4.57. The first-order valence-electron chi connectivity index (χ1n) is 8.62. The SMILES string of the molecule is O=C(NCC1CCCCC1)N(c1ccccc1)c1ccc(F)cc1. The van der Waals surface area contributed by atoms with Gasteiger partial charge in [0.05, 0.1) is 11.4 Å². The van der Waals surface area contributed by atoms with Gasteiger partial charge in [-0.3, -0.25) is 4.90 Å². The summed E-state index contributed by atoms with van der Waals surface area (Å²) < 4.78 is 13.2. The van der Waals surface area contributed by atoms with Crippen molar-refractivity contribution in [1.82, 2.24) is 5.32 Å². The Morgan fingerprint density at radius 1 is 0.958 bits per heavy atom. The first kappa shape index (κ1) is 16.5. The van der Waals surface area contributed by atoms with Gasteiger partial charge in [0.2, 0.25) is 0 Å². The molecule has 0 bridgehead atoms. The quantitative estimate of drug-likeness (QED) is 0.817. The molecule has 0 heterocycles. The van der Waals surface area contributed by atoms with Crippen molar-refractivity contribution >= 4 is 17.4 Å². The summed E-state index contributed by atoms with van der Waals surface area (Å²) in [6, 6.07) is 15.3. The topological polar surface area (TPSA) is 32.3 Å². The van der Waals surface area contributed by atoms with Crippen LogP contribution in [-0.4, -0.2) is 12.6 Å². The highest BCUT2D eigenvalue weighted by Gasteiger charge is 2.20. The fourth-order valence-corrected chi connectivity index (χ4v) is 3.25. The number of nitrogens with zero attached hydrogens (tertiary/aromatic N) is 1. The second kappa shape index (κ2) is 7.95. The Balaban J connectivity index is 1.76. The van der Waals surface area contributed by atoms with Crippen LogP contribution in [-0.2, 0) is 0 Å². The molecule has 1 N–H and O–H groups in total. The zero-order valence-electron chi connectivity index (χ0n) is 13.7. The van der Waals surface area contributed by atoms with Crippen LogP contribution in [0.15, 0.2) is 54.6 Å². The molecule has 3 nitrogen and oxygen atoms in total. The molecule has 0 spiro atoms. The van der Waals surface area contributed by atoms with E-state index in [1.54, 1.807) is 17.0 Å². The lowest BCUT2D eigenvalue weighted by molar-refractivity contribution is 0.244. The molecule has 0 saturated heterocycles. The molecule has 2 amide bonds. The maximum Gasteiger partial charge on any atom is 0.326 e. The molecule has 0 aromatic heterocycles. The molecule has 3 rings (SSSR count). The van der Waals surface area contributed by atoms with Gasteiger partial charge in [-0.1, -0.05) is 37.5 Å². The number of carbonyl (C=O) groups excluding carboxylic acids is 1. The molecule has 24 heavy (non-hydrogen) atoms. The smallest absolute Gasteiger partial charge is 0.326 e. The van der Waals surface area contributed by atoms with Gasteiger partial charge in [0.15, 0.2) is 0 Å². The zero-order chi connectivity index (χ0) is 16.8. The molecule has 1 fully saturated rings. The van der Waals surface area contributed by atoms with Crippen molar-refractivity contribution in [3.05, 3.63) is 60.4 Å². The van der Waals surface area contributed by atoms with Gasteiger partial charge in [-0.05, 0) is 55.2 Å². The molecule has 4 heteroatoms. The number of amides is 2. The van der Waals surface area contributed by atoms with Crippen molar-refractivity contribution in [2.75, 3.05) is 11.4 Å². The summed E-state index contributed by atoms with van der Waals surface area (Å²) in [6.07, 6.45) is 6.17. The van der Waals surface area contributed by atoms with Crippen LogP contribution in [0.5, 0.6) is 0 Å². The Labute approximate surface area is 142 Å². The van der Waals surface area contributed by atoms with E-state index in [2.05, 4.69) is 5.32 Å². The average Bonchev–Trinajstić information content (AvgIpc) is 2.64. The highest BCUT2D eigenvalue weighted by Crippen LogP contribution is 2.26. The van der Waals surface area contributed by atoms with Gasteiger partial charge in [0.25, 0.3) is 0 Å². The van der Waals surface area contributed by atoms with E-state index >= 15 is 0 Å². The van der Waals surface area contributed by atoms with E-state index in [1.807, 2.05) is 30.3 Å². The molecule has 126 valence electrons. The Hall–Kier alpha value is -2.36. The first-order chi connectivity index (χ1) is 11.7. The molecular formula is C20H23FN2O. The van der Waals surface area contributed by atoms with E-state index in [4.69, 9.17) is 0 Å². The highest BCUT2D eigenvalue weighted by atomic mass is 19.1. The van der Waals surface area contributed by atoms with E-state index in [0.717, 1.165) is 5.69 Å². The number of carbonyl (C=O) groups is 1. The molecule has 0 radical (unpaired) electrons. The second-order valence-corrected chi connectivity index (χ2v) is 6.34. The van der Waals surface area contributed by atoms with Crippen LogP contribution < -0.4 is 10.2 Å². The molecule has 1 saturated carbocycles. The minimum Gasteiger partial charge on any atom is -0.337 e. The van der Waals surface area contributed by atoms with Crippen LogP contribution in [0.25, 0.3) is 0 Å². The molecule has 2 aromatic carbocycles. The minimum absolute atomic E-state index is 0.168. The van der Waals surface area contributed by atoms with Crippen molar-refractivity contribution in [2.24, 2.45) is 5.92 Å². The Morgan fingerprint density at radius 2 is 1.58 bits per heavy atom. The molecule has 0 unspecified atom stereocenters. The van der Waals surface area contributed by atoms with E-state index in [-0.39, 0.29) is 11.8 Å². The van der Waals surface area contributed by atoms with Gasteiger partial charge in [0.1, 0.15) is 5.82 Å². The summed E-state index contributed by atoms with van der Waals surface area (Å²) in [4.78, 5) is 14.4. The van der Waals surface area contributed by atoms with Crippen LogP contribution in [0.4, 0.5) is 20.6 Å². The van der Waals surface area contributed by atoms with Crippen LogP contribution in [0, 0.1) is 11.7 Å². The van der Waals surface area contributed by atoms with Crippen LogP contribution in [0.2, 0.25) is 0 Å². The third-order valence-electron chi connectivity index (χ3n) is 4.57. The number of rotatable bonds is 4. The Bertz CT molecular complexity index is 651. The number of anilines is 2. The summed E-state index contributed by atoms with van der Waals surface area (Å²) in [7, 11) is 0. The monoisotopic (exact) mass is 326 g/mol. The number of urea groups is 1. The molecule has 2 aromatic rings. The molecular weight excluding hydrogens is 303 g/mol. The van der Waals surface area contributed by atoms with E-state index in [0.29, 0.717) is 18.2 Å². The Kier molecular flexibility index (Phi) is 5.47. The van der Waals surface area contributed by atoms with Crippen molar-refractivity contribution < 1.29 is 9.18 Å². The van der Waals surface area contributed by atoms with Gasteiger partial charge >= 0.3 is 6.03 Å². The lowest BCUT2D eigenvalue weighted by atomic mass is 9.89. The van der Waals surface area contributed by atoms with Gasteiger partial charge < -0.3 is 5.32 Å². The lowest BCUT2D eigenvalue weighted by Gasteiger charge is -2.26. The number of para-hydroxylation sites is 1. The number of benzene rings is 2. The van der Waals surface area contributed by atoms with Crippen molar-refractivity contribution in [2.45, 2.75) is 32.1 Å². The summed E-state index contributed by atoms with van der Waals surface area (Å²) >= 11 is 0. The van der Waals surface area contributed by atoms with Crippen molar-refractivity contribution in [3.63, 3.8) is 0 Å². The fourth-order valence-electron chi connectivity index (χ4n) is 3.25. The molecule has 0 atom stereocenters. The maximum absolute atomic E-state index is 13.2. The van der Waals surface area contributed by atoms with Gasteiger partial charge in [-0.2, -0.15) is 0 Å². The summed E-state index contributed by atoms with van der Waals surface area (Å²) in [5.74, 6) is 0.253. The van der Waals surface area contributed by atoms with E-state index in [9.17, 15) is 9.18 Å². The number of nitrogens with one attached hydrogen (secondary N) is 1. The van der Waals surface area contributed by atoms with Gasteiger partial charge in [-0.15, -0.1) is 0 Å². The van der Waals surface area contributed by atoms with Crippen molar-refractivity contribution in [1.29, 1.82) is 0 Å².